The number of hydrogen-bond donors (Lipinski definition) is 1. The van der Waals surface area contributed by atoms with Gasteiger partial charge in [-0.15, -0.1) is 0 Å². The fourth-order valence-corrected chi connectivity index (χ4v) is 4.24. The Bertz CT molecular complexity index is 947. The lowest BCUT2D eigenvalue weighted by molar-refractivity contribution is -0.122. The van der Waals surface area contributed by atoms with Crippen LogP contribution in [0.15, 0.2) is 42.5 Å². The summed E-state index contributed by atoms with van der Waals surface area (Å²) in [6, 6.07) is 11.4. The number of nitrogens with one attached hydrogen (secondary N) is 1. The van der Waals surface area contributed by atoms with E-state index in [9.17, 15) is 13.2 Å². The molecule has 0 spiro atoms. The molecule has 8 heteroatoms. The second-order valence-electron chi connectivity index (χ2n) is 6.46. The summed E-state index contributed by atoms with van der Waals surface area (Å²) in [6.07, 6.45) is 1.07. The van der Waals surface area contributed by atoms with Crippen LogP contribution in [-0.4, -0.2) is 33.2 Å². The van der Waals surface area contributed by atoms with E-state index in [-0.39, 0.29) is 6.54 Å². The number of carbonyl (C=O) groups is 1. The van der Waals surface area contributed by atoms with Crippen LogP contribution in [0.25, 0.3) is 0 Å². The maximum Gasteiger partial charge on any atom is 0.243 e. The number of rotatable bonds is 8. The van der Waals surface area contributed by atoms with Crippen LogP contribution in [0.2, 0.25) is 5.02 Å². The van der Waals surface area contributed by atoms with Crippen molar-refractivity contribution in [3.8, 4) is 5.75 Å². The molecule has 0 saturated carbocycles. The van der Waals surface area contributed by atoms with Crippen molar-refractivity contribution in [2.75, 3.05) is 17.2 Å². The lowest BCUT2D eigenvalue weighted by Crippen LogP contribution is -2.48. The largest absolute Gasteiger partial charge is 0.494 e. The highest BCUT2D eigenvalue weighted by Crippen LogP contribution is 2.28. The maximum absolute atomic E-state index is 12.7. The number of nitrogens with zero attached hydrogens (tertiary/aromatic N) is 1. The molecule has 28 heavy (non-hydrogen) atoms. The van der Waals surface area contributed by atoms with E-state index in [0.717, 1.165) is 21.9 Å². The summed E-state index contributed by atoms with van der Waals surface area (Å²) in [4.78, 5) is 12.7. The Kier molecular flexibility index (Phi) is 7.32. The van der Waals surface area contributed by atoms with Crippen molar-refractivity contribution in [2.24, 2.45) is 0 Å². The third-order valence-corrected chi connectivity index (χ3v) is 5.64. The van der Waals surface area contributed by atoms with E-state index < -0.39 is 22.0 Å². The number of hydrogen-bond acceptors (Lipinski definition) is 4. The lowest BCUT2D eigenvalue weighted by atomic mass is 10.1. The predicted octanol–water partition coefficient (Wildman–Crippen LogP) is 3.52. The number of carbonyl (C=O) groups excluding carboxylic acids is 1. The number of benzene rings is 2. The molecule has 1 amide bonds. The quantitative estimate of drug-likeness (QED) is 0.703. The number of ether oxygens (including phenoxy) is 1. The summed E-state index contributed by atoms with van der Waals surface area (Å²) >= 11 is 6.04. The Morgan fingerprint density at radius 3 is 2.61 bits per heavy atom. The highest BCUT2D eigenvalue weighted by Gasteiger charge is 2.30. The van der Waals surface area contributed by atoms with Crippen molar-refractivity contribution < 1.29 is 17.9 Å². The van der Waals surface area contributed by atoms with E-state index in [4.69, 9.17) is 16.3 Å². The number of aryl methyl sites for hydroxylation is 1. The van der Waals surface area contributed by atoms with Crippen LogP contribution in [0, 0.1) is 6.92 Å². The number of anilines is 1. The molecule has 0 saturated heterocycles. The van der Waals surface area contributed by atoms with Gasteiger partial charge in [-0.05, 0) is 56.2 Å². The first-order valence-corrected chi connectivity index (χ1v) is 11.1. The van der Waals surface area contributed by atoms with Crippen molar-refractivity contribution in [2.45, 2.75) is 33.4 Å². The molecule has 6 nitrogen and oxygen atoms in total. The first-order chi connectivity index (χ1) is 13.1. The fraction of sp³-hybridized carbons (Fsp3) is 0.350. The molecule has 2 aromatic carbocycles. The van der Waals surface area contributed by atoms with Gasteiger partial charge in [-0.2, -0.15) is 0 Å². The van der Waals surface area contributed by atoms with Gasteiger partial charge >= 0.3 is 0 Å². The van der Waals surface area contributed by atoms with Crippen LogP contribution in [0.3, 0.4) is 0 Å². The number of amides is 1. The van der Waals surface area contributed by atoms with Crippen molar-refractivity contribution >= 4 is 33.2 Å². The third-order valence-electron chi connectivity index (χ3n) is 4.17. The molecule has 0 aliphatic heterocycles. The molecule has 0 aliphatic rings. The van der Waals surface area contributed by atoms with Gasteiger partial charge in [0.05, 0.1) is 18.6 Å². The molecule has 0 heterocycles. The molecular formula is C20H25ClN2O4S. The molecule has 0 aliphatic carbocycles. The van der Waals surface area contributed by atoms with Crippen molar-refractivity contribution in [1.29, 1.82) is 0 Å². The first-order valence-electron chi connectivity index (χ1n) is 8.88. The Morgan fingerprint density at radius 1 is 1.25 bits per heavy atom. The van der Waals surface area contributed by atoms with Crippen LogP contribution < -0.4 is 14.4 Å². The summed E-state index contributed by atoms with van der Waals surface area (Å²) in [7, 11) is -3.70. The van der Waals surface area contributed by atoms with Crippen LogP contribution in [0.4, 0.5) is 5.69 Å². The zero-order chi connectivity index (χ0) is 20.9. The predicted molar refractivity (Wildman–Crippen MR) is 112 cm³/mol. The van der Waals surface area contributed by atoms with E-state index in [1.807, 2.05) is 31.2 Å². The third kappa shape index (κ3) is 5.62. The Balaban J connectivity index is 2.20. The van der Waals surface area contributed by atoms with Gasteiger partial charge in [-0.3, -0.25) is 9.10 Å². The van der Waals surface area contributed by atoms with Crippen LogP contribution in [0.1, 0.15) is 25.0 Å². The van der Waals surface area contributed by atoms with E-state index in [0.29, 0.717) is 22.9 Å². The maximum atomic E-state index is 12.7. The smallest absolute Gasteiger partial charge is 0.243 e. The van der Waals surface area contributed by atoms with Gasteiger partial charge in [0.1, 0.15) is 11.8 Å². The van der Waals surface area contributed by atoms with E-state index >= 15 is 0 Å². The number of halogens is 1. The summed E-state index contributed by atoms with van der Waals surface area (Å²) in [6.45, 7) is 6.03. The first kappa shape index (κ1) is 22.0. The minimum absolute atomic E-state index is 0.260. The molecular weight excluding hydrogens is 400 g/mol. The number of sulfonamides is 1. The van der Waals surface area contributed by atoms with Gasteiger partial charge in [0, 0.05) is 11.6 Å². The van der Waals surface area contributed by atoms with E-state index in [1.165, 1.54) is 0 Å². The van der Waals surface area contributed by atoms with Gasteiger partial charge in [-0.25, -0.2) is 8.42 Å². The molecule has 0 aromatic heterocycles. The summed E-state index contributed by atoms with van der Waals surface area (Å²) in [5.41, 5.74) is 1.95. The standard InChI is InChI=1S/C20H25ClN2O4S/c1-5-27-18-8-6-7-16(11-18)13-22-20(24)15(3)23(28(4,25)26)19-12-17(21)10-9-14(19)2/h6-12,15H,5,13H2,1-4H3,(H,22,24)/t15-/m0/s1. The SMILES string of the molecule is CCOc1cccc(CNC(=O)[C@H](C)N(c2cc(Cl)ccc2C)S(C)(=O)=O)c1. The van der Waals surface area contributed by atoms with Crippen molar-refractivity contribution in [3.63, 3.8) is 0 Å². The minimum Gasteiger partial charge on any atom is -0.494 e. The Labute approximate surface area is 171 Å². The second-order valence-corrected chi connectivity index (χ2v) is 8.76. The molecule has 1 N–H and O–H groups in total. The monoisotopic (exact) mass is 424 g/mol. The van der Waals surface area contributed by atoms with Crippen LogP contribution in [-0.2, 0) is 21.4 Å². The lowest BCUT2D eigenvalue weighted by Gasteiger charge is -2.29. The van der Waals surface area contributed by atoms with Gasteiger partial charge < -0.3 is 10.1 Å². The van der Waals surface area contributed by atoms with Gasteiger partial charge in [0.15, 0.2) is 0 Å². The van der Waals surface area contributed by atoms with Crippen LogP contribution in [0.5, 0.6) is 5.75 Å². The van der Waals surface area contributed by atoms with Crippen LogP contribution >= 0.6 is 11.6 Å². The minimum atomic E-state index is -3.70. The molecule has 0 fully saturated rings. The summed E-state index contributed by atoms with van der Waals surface area (Å²) < 4.78 is 31.4. The average molecular weight is 425 g/mol. The molecule has 0 unspecified atom stereocenters. The van der Waals surface area contributed by atoms with Gasteiger partial charge in [-0.1, -0.05) is 29.8 Å². The van der Waals surface area contributed by atoms with Crippen molar-refractivity contribution in [1.82, 2.24) is 5.32 Å². The normalized spacial score (nSPS) is 12.3. The van der Waals surface area contributed by atoms with Crippen molar-refractivity contribution in [3.05, 3.63) is 58.6 Å². The summed E-state index contributed by atoms with van der Waals surface area (Å²) in [5, 5.41) is 3.19. The van der Waals surface area contributed by atoms with Gasteiger partial charge in [0.2, 0.25) is 15.9 Å². The van der Waals surface area contributed by atoms with E-state index in [2.05, 4.69) is 5.32 Å². The fourth-order valence-electron chi connectivity index (χ4n) is 2.85. The highest BCUT2D eigenvalue weighted by molar-refractivity contribution is 7.92. The molecule has 1 atom stereocenters. The molecule has 2 aromatic rings. The Hall–Kier alpha value is -2.25. The topological polar surface area (TPSA) is 75.7 Å². The zero-order valence-electron chi connectivity index (χ0n) is 16.4. The zero-order valence-corrected chi connectivity index (χ0v) is 18.0. The average Bonchev–Trinajstić information content (AvgIpc) is 2.62. The van der Waals surface area contributed by atoms with Gasteiger partial charge in [0.25, 0.3) is 0 Å². The van der Waals surface area contributed by atoms with E-state index in [1.54, 1.807) is 32.0 Å². The molecule has 2 rings (SSSR count). The molecule has 0 radical (unpaired) electrons. The Morgan fingerprint density at radius 2 is 1.96 bits per heavy atom. The second kappa shape index (κ2) is 9.30. The highest BCUT2D eigenvalue weighted by atomic mass is 35.5. The molecule has 0 bridgehead atoms. The summed E-state index contributed by atoms with van der Waals surface area (Å²) in [5.74, 6) is 0.307. The molecule has 152 valence electrons.